The Morgan fingerprint density at radius 2 is 2.22 bits per heavy atom. The van der Waals surface area contributed by atoms with Crippen LogP contribution in [0.1, 0.15) is 25.3 Å². The zero-order valence-corrected chi connectivity index (χ0v) is 11.2. The molecular formula is C15H22N2O. The SMILES string of the molecule is CNCc1cccnc1OCC1CC=CCC1C. The Morgan fingerprint density at radius 3 is 3.00 bits per heavy atom. The molecule has 0 saturated carbocycles. The average molecular weight is 246 g/mol. The lowest BCUT2D eigenvalue weighted by Crippen LogP contribution is -2.22. The molecule has 0 spiro atoms. The highest BCUT2D eigenvalue weighted by atomic mass is 16.5. The summed E-state index contributed by atoms with van der Waals surface area (Å²) in [5.41, 5.74) is 1.12. The number of pyridine rings is 1. The van der Waals surface area contributed by atoms with Crippen LogP contribution < -0.4 is 10.1 Å². The fourth-order valence-electron chi connectivity index (χ4n) is 2.30. The first-order chi connectivity index (χ1) is 8.81. The number of nitrogens with zero attached hydrogens (tertiary/aromatic N) is 1. The lowest BCUT2D eigenvalue weighted by molar-refractivity contribution is 0.191. The molecule has 2 unspecified atom stereocenters. The van der Waals surface area contributed by atoms with Gasteiger partial charge in [0, 0.05) is 18.3 Å². The van der Waals surface area contributed by atoms with E-state index in [1.807, 2.05) is 13.1 Å². The zero-order chi connectivity index (χ0) is 12.8. The first-order valence-corrected chi connectivity index (χ1v) is 6.67. The van der Waals surface area contributed by atoms with Crippen LogP contribution in [0.2, 0.25) is 0 Å². The molecule has 0 aromatic carbocycles. The van der Waals surface area contributed by atoms with Gasteiger partial charge in [-0.05, 0) is 37.8 Å². The largest absolute Gasteiger partial charge is 0.477 e. The minimum atomic E-state index is 0.611. The summed E-state index contributed by atoms with van der Waals surface area (Å²) in [6.07, 6.45) is 8.61. The van der Waals surface area contributed by atoms with E-state index in [1.54, 1.807) is 6.20 Å². The summed E-state index contributed by atoms with van der Waals surface area (Å²) in [5, 5.41) is 3.14. The number of allylic oxidation sites excluding steroid dienone is 2. The molecule has 1 aliphatic rings. The van der Waals surface area contributed by atoms with Crippen molar-refractivity contribution >= 4 is 0 Å². The molecule has 1 aromatic heterocycles. The lowest BCUT2D eigenvalue weighted by atomic mass is 9.85. The lowest BCUT2D eigenvalue weighted by Gasteiger charge is -2.25. The van der Waals surface area contributed by atoms with Crippen molar-refractivity contribution in [1.29, 1.82) is 0 Å². The number of aromatic nitrogens is 1. The monoisotopic (exact) mass is 246 g/mol. The first-order valence-electron chi connectivity index (χ1n) is 6.67. The van der Waals surface area contributed by atoms with Crippen LogP contribution in [0.15, 0.2) is 30.5 Å². The molecule has 2 atom stereocenters. The molecule has 1 aromatic rings. The van der Waals surface area contributed by atoms with Crippen molar-refractivity contribution in [3.63, 3.8) is 0 Å². The van der Waals surface area contributed by atoms with Crippen molar-refractivity contribution in [3.05, 3.63) is 36.0 Å². The summed E-state index contributed by atoms with van der Waals surface area (Å²) in [6, 6.07) is 4.01. The highest BCUT2D eigenvalue weighted by Gasteiger charge is 2.19. The smallest absolute Gasteiger partial charge is 0.217 e. The van der Waals surface area contributed by atoms with E-state index in [9.17, 15) is 0 Å². The molecule has 0 saturated heterocycles. The van der Waals surface area contributed by atoms with Crippen LogP contribution in [0.5, 0.6) is 5.88 Å². The Balaban J connectivity index is 1.95. The van der Waals surface area contributed by atoms with Gasteiger partial charge in [-0.3, -0.25) is 0 Å². The molecule has 3 heteroatoms. The van der Waals surface area contributed by atoms with Gasteiger partial charge in [0.2, 0.25) is 5.88 Å². The molecule has 1 N–H and O–H groups in total. The fourth-order valence-corrected chi connectivity index (χ4v) is 2.30. The van der Waals surface area contributed by atoms with Gasteiger partial charge in [0.1, 0.15) is 0 Å². The van der Waals surface area contributed by atoms with Crippen LogP contribution in [0, 0.1) is 11.8 Å². The van der Waals surface area contributed by atoms with E-state index in [0.717, 1.165) is 31.0 Å². The maximum absolute atomic E-state index is 5.91. The number of hydrogen-bond acceptors (Lipinski definition) is 3. The number of nitrogens with one attached hydrogen (secondary N) is 1. The summed E-state index contributed by atoms with van der Waals surface area (Å²) in [4.78, 5) is 4.33. The number of rotatable bonds is 5. The van der Waals surface area contributed by atoms with Gasteiger partial charge in [-0.15, -0.1) is 0 Å². The molecule has 18 heavy (non-hydrogen) atoms. The predicted molar refractivity (Wildman–Crippen MR) is 73.5 cm³/mol. The summed E-state index contributed by atoms with van der Waals surface area (Å²) in [7, 11) is 1.94. The van der Waals surface area contributed by atoms with Gasteiger partial charge in [0.05, 0.1) is 6.61 Å². The van der Waals surface area contributed by atoms with Gasteiger partial charge in [-0.2, -0.15) is 0 Å². The van der Waals surface area contributed by atoms with Crippen molar-refractivity contribution < 1.29 is 4.74 Å². The van der Waals surface area contributed by atoms with Crippen molar-refractivity contribution in [2.75, 3.05) is 13.7 Å². The van der Waals surface area contributed by atoms with Gasteiger partial charge < -0.3 is 10.1 Å². The Bertz CT molecular complexity index is 403. The number of hydrogen-bond donors (Lipinski definition) is 1. The molecule has 0 radical (unpaired) electrons. The van der Waals surface area contributed by atoms with Crippen LogP contribution in [0.4, 0.5) is 0 Å². The molecule has 98 valence electrons. The van der Waals surface area contributed by atoms with Crippen LogP contribution in [-0.4, -0.2) is 18.6 Å². The summed E-state index contributed by atoms with van der Waals surface area (Å²) in [6.45, 7) is 3.85. The van der Waals surface area contributed by atoms with Crippen LogP contribution in [0.25, 0.3) is 0 Å². The summed E-state index contributed by atoms with van der Waals surface area (Å²) >= 11 is 0. The third-order valence-corrected chi connectivity index (χ3v) is 3.57. The van der Waals surface area contributed by atoms with Gasteiger partial charge in [0.15, 0.2) is 0 Å². The maximum atomic E-state index is 5.91. The van der Waals surface area contributed by atoms with E-state index < -0.39 is 0 Å². The summed E-state index contributed by atoms with van der Waals surface area (Å²) in [5.74, 6) is 2.08. The minimum Gasteiger partial charge on any atom is -0.477 e. The van der Waals surface area contributed by atoms with Crippen molar-refractivity contribution in [1.82, 2.24) is 10.3 Å². The van der Waals surface area contributed by atoms with E-state index in [-0.39, 0.29) is 0 Å². The van der Waals surface area contributed by atoms with Crippen LogP contribution in [0.3, 0.4) is 0 Å². The van der Waals surface area contributed by atoms with Gasteiger partial charge in [0.25, 0.3) is 0 Å². The van der Waals surface area contributed by atoms with Gasteiger partial charge >= 0.3 is 0 Å². The minimum absolute atomic E-state index is 0.611. The molecule has 0 bridgehead atoms. The third kappa shape index (κ3) is 3.33. The highest BCUT2D eigenvalue weighted by molar-refractivity contribution is 5.25. The third-order valence-electron chi connectivity index (χ3n) is 3.57. The molecule has 0 amide bonds. The van der Waals surface area contributed by atoms with E-state index in [2.05, 4.69) is 35.4 Å². The van der Waals surface area contributed by atoms with Crippen molar-refractivity contribution in [2.24, 2.45) is 11.8 Å². The van der Waals surface area contributed by atoms with E-state index in [4.69, 9.17) is 4.74 Å². The van der Waals surface area contributed by atoms with Gasteiger partial charge in [-0.1, -0.05) is 25.1 Å². The average Bonchev–Trinajstić information content (AvgIpc) is 2.40. The Morgan fingerprint density at radius 1 is 1.39 bits per heavy atom. The van der Waals surface area contributed by atoms with Gasteiger partial charge in [-0.25, -0.2) is 4.98 Å². The Labute approximate surface area is 109 Å². The molecule has 2 rings (SSSR count). The van der Waals surface area contributed by atoms with E-state index >= 15 is 0 Å². The zero-order valence-electron chi connectivity index (χ0n) is 11.2. The normalized spacial score (nSPS) is 23.0. The molecule has 1 aliphatic carbocycles. The second kappa shape index (κ2) is 6.55. The maximum Gasteiger partial charge on any atom is 0.217 e. The second-order valence-electron chi connectivity index (χ2n) is 4.99. The van der Waals surface area contributed by atoms with E-state index in [1.165, 1.54) is 6.42 Å². The first kappa shape index (κ1) is 13.1. The topological polar surface area (TPSA) is 34.2 Å². The Kier molecular flexibility index (Phi) is 4.76. The molecule has 3 nitrogen and oxygen atoms in total. The number of ether oxygens (including phenoxy) is 1. The molecule has 0 aliphatic heterocycles. The standard InChI is InChI=1S/C15H22N2O/c1-12-6-3-4-7-14(12)11-18-15-13(10-16-2)8-5-9-17-15/h3-5,8-9,12,14,16H,6-7,10-11H2,1-2H3. The van der Waals surface area contributed by atoms with Crippen LogP contribution in [-0.2, 0) is 6.54 Å². The quantitative estimate of drug-likeness (QED) is 0.811. The second-order valence-corrected chi connectivity index (χ2v) is 4.99. The van der Waals surface area contributed by atoms with Crippen molar-refractivity contribution in [3.8, 4) is 5.88 Å². The fraction of sp³-hybridized carbons (Fsp3) is 0.533. The molecular weight excluding hydrogens is 224 g/mol. The highest BCUT2D eigenvalue weighted by Crippen LogP contribution is 2.26. The molecule has 0 fully saturated rings. The predicted octanol–water partition coefficient (Wildman–Crippen LogP) is 2.78. The van der Waals surface area contributed by atoms with Crippen LogP contribution >= 0.6 is 0 Å². The summed E-state index contributed by atoms with van der Waals surface area (Å²) < 4.78 is 5.91. The molecule has 1 heterocycles. The Hall–Kier alpha value is -1.35. The van der Waals surface area contributed by atoms with Crippen molar-refractivity contribution in [2.45, 2.75) is 26.3 Å². The van der Waals surface area contributed by atoms with E-state index in [0.29, 0.717) is 11.8 Å².